The number of hydrogen-bond donors (Lipinski definition) is 0. The third-order valence-electron chi connectivity index (χ3n) is 5.32. The highest BCUT2D eigenvalue weighted by molar-refractivity contribution is 7.92. The Bertz CT molecular complexity index is 1260. The van der Waals surface area contributed by atoms with E-state index in [9.17, 15) is 31.7 Å². The molecule has 0 saturated carbocycles. The van der Waals surface area contributed by atoms with E-state index in [0.29, 0.717) is 5.56 Å². The van der Waals surface area contributed by atoms with Gasteiger partial charge in [0.1, 0.15) is 6.54 Å². The Morgan fingerprint density at radius 3 is 2.18 bits per heavy atom. The molecule has 1 amide bonds. The number of carbonyl (C=O) groups excluding carboxylic acids is 1. The molecule has 1 aliphatic heterocycles. The molecule has 1 heterocycles. The van der Waals surface area contributed by atoms with Crippen LogP contribution in [-0.4, -0.2) is 75.9 Å². The molecule has 178 valence electrons. The molecule has 13 heteroatoms. The highest BCUT2D eigenvalue weighted by Gasteiger charge is 2.32. The summed E-state index contributed by atoms with van der Waals surface area (Å²) in [5.41, 5.74) is 0.208. The molecule has 1 aliphatic rings. The number of nitro groups is 1. The van der Waals surface area contributed by atoms with Gasteiger partial charge in [-0.25, -0.2) is 16.8 Å². The molecular formula is C20H24N4O7S2. The molecule has 1 fully saturated rings. The minimum Gasteiger partial charge on any atom is -0.338 e. The van der Waals surface area contributed by atoms with Crippen LogP contribution in [0.15, 0.2) is 53.4 Å². The number of benzene rings is 2. The van der Waals surface area contributed by atoms with Gasteiger partial charge in [0.25, 0.3) is 5.69 Å². The van der Waals surface area contributed by atoms with E-state index in [1.54, 1.807) is 25.1 Å². The normalized spacial score (nSPS) is 15.3. The maximum absolute atomic E-state index is 12.9. The zero-order valence-corrected chi connectivity index (χ0v) is 19.8. The first-order valence-electron chi connectivity index (χ1n) is 9.97. The lowest BCUT2D eigenvalue weighted by atomic mass is 10.2. The summed E-state index contributed by atoms with van der Waals surface area (Å²) in [6.07, 6.45) is 0.920. The van der Waals surface area contributed by atoms with Gasteiger partial charge in [0, 0.05) is 38.3 Å². The van der Waals surface area contributed by atoms with Crippen molar-refractivity contribution < 1.29 is 26.6 Å². The van der Waals surface area contributed by atoms with Crippen LogP contribution < -0.4 is 4.31 Å². The minimum atomic E-state index is -3.93. The Kier molecular flexibility index (Phi) is 7.05. The Labute approximate surface area is 192 Å². The number of sulfonamides is 2. The maximum Gasteiger partial charge on any atom is 0.271 e. The van der Waals surface area contributed by atoms with Crippen LogP contribution in [-0.2, 0) is 24.8 Å². The average Bonchev–Trinajstić information content (AvgIpc) is 2.77. The first-order chi connectivity index (χ1) is 15.4. The lowest BCUT2D eigenvalue weighted by Gasteiger charge is -2.35. The van der Waals surface area contributed by atoms with Crippen LogP contribution in [0.5, 0.6) is 0 Å². The van der Waals surface area contributed by atoms with Gasteiger partial charge in [-0.15, -0.1) is 0 Å². The van der Waals surface area contributed by atoms with Crippen molar-refractivity contribution >= 4 is 37.3 Å². The third kappa shape index (κ3) is 5.49. The number of piperazine rings is 1. The van der Waals surface area contributed by atoms with E-state index in [4.69, 9.17) is 0 Å². The first-order valence-corrected chi connectivity index (χ1v) is 13.3. The van der Waals surface area contributed by atoms with Crippen LogP contribution in [0.3, 0.4) is 0 Å². The van der Waals surface area contributed by atoms with Crippen molar-refractivity contribution in [3.05, 3.63) is 64.2 Å². The number of nitrogens with zero attached hydrogens (tertiary/aromatic N) is 4. The maximum atomic E-state index is 12.9. The van der Waals surface area contributed by atoms with E-state index in [2.05, 4.69) is 0 Å². The number of amides is 1. The summed E-state index contributed by atoms with van der Waals surface area (Å²) in [5, 5.41) is 11.1. The SMILES string of the molecule is Cc1ccc([N+](=O)[O-])cc1N(CC(=O)N1CCN(S(=O)(=O)c2ccccc2)CC1)S(C)(=O)=O. The molecule has 0 aromatic heterocycles. The van der Waals surface area contributed by atoms with Crippen LogP contribution in [0.4, 0.5) is 11.4 Å². The smallest absolute Gasteiger partial charge is 0.271 e. The van der Waals surface area contributed by atoms with Crippen LogP contribution in [0.2, 0.25) is 0 Å². The summed E-state index contributed by atoms with van der Waals surface area (Å²) in [6, 6.07) is 11.8. The fraction of sp³-hybridized carbons (Fsp3) is 0.350. The number of nitro benzene ring substituents is 1. The fourth-order valence-electron chi connectivity index (χ4n) is 3.50. The first kappa shape index (κ1) is 24.6. The Hall–Kier alpha value is -3.03. The van der Waals surface area contributed by atoms with Crippen LogP contribution in [0, 0.1) is 17.0 Å². The topological polar surface area (TPSA) is 138 Å². The van der Waals surface area contributed by atoms with Crippen molar-refractivity contribution in [1.82, 2.24) is 9.21 Å². The van der Waals surface area contributed by atoms with E-state index in [1.807, 2.05) is 0 Å². The second-order valence-electron chi connectivity index (χ2n) is 7.60. The monoisotopic (exact) mass is 496 g/mol. The fourth-order valence-corrected chi connectivity index (χ4v) is 5.85. The molecule has 0 bridgehead atoms. The van der Waals surface area contributed by atoms with Crippen molar-refractivity contribution in [2.45, 2.75) is 11.8 Å². The van der Waals surface area contributed by atoms with Gasteiger partial charge in [0.15, 0.2) is 0 Å². The molecular weight excluding hydrogens is 472 g/mol. The van der Waals surface area contributed by atoms with E-state index in [1.165, 1.54) is 33.5 Å². The second kappa shape index (κ2) is 9.45. The van der Waals surface area contributed by atoms with E-state index in [0.717, 1.165) is 16.6 Å². The summed E-state index contributed by atoms with van der Waals surface area (Å²) >= 11 is 0. The molecule has 3 rings (SSSR count). The summed E-state index contributed by atoms with van der Waals surface area (Å²) in [7, 11) is -7.62. The second-order valence-corrected chi connectivity index (χ2v) is 11.4. The number of rotatable bonds is 7. The molecule has 2 aromatic carbocycles. The standard InChI is InChI=1S/C20H24N4O7S2/c1-16-8-9-17(24(26)27)14-19(16)23(32(2,28)29)15-20(25)21-10-12-22(13-11-21)33(30,31)18-6-4-3-5-7-18/h3-9,14H,10-13,15H2,1-2H3. The zero-order chi connectivity index (χ0) is 24.4. The minimum absolute atomic E-state index is 0.0466. The van der Waals surface area contributed by atoms with E-state index in [-0.39, 0.29) is 42.4 Å². The van der Waals surface area contributed by atoms with Crippen molar-refractivity contribution in [3.63, 3.8) is 0 Å². The van der Waals surface area contributed by atoms with Crippen LogP contribution in [0.1, 0.15) is 5.56 Å². The Morgan fingerprint density at radius 1 is 1.03 bits per heavy atom. The van der Waals surface area contributed by atoms with Gasteiger partial charge < -0.3 is 4.90 Å². The molecule has 33 heavy (non-hydrogen) atoms. The molecule has 0 N–H and O–H groups in total. The van der Waals surface area contributed by atoms with Gasteiger partial charge in [-0.05, 0) is 24.6 Å². The molecule has 0 unspecified atom stereocenters. The Morgan fingerprint density at radius 2 is 1.64 bits per heavy atom. The van der Waals surface area contributed by atoms with Crippen LogP contribution in [0.25, 0.3) is 0 Å². The summed E-state index contributed by atoms with van der Waals surface area (Å²) in [5.74, 6) is -0.525. The van der Waals surface area contributed by atoms with Gasteiger partial charge >= 0.3 is 0 Å². The van der Waals surface area contributed by atoms with Gasteiger partial charge in [-0.1, -0.05) is 24.3 Å². The average molecular weight is 497 g/mol. The molecule has 11 nitrogen and oxygen atoms in total. The molecule has 0 radical (unpaired) electrons. The van der Waals surface area contributed by atoms with Gasteiger partial charge in [0.2, 0.25) is 26.0 Å². The predicted octanol–water partition coefficient (Wildman–Crippen LogP) is 1.20. The molecule has 0 atom stereocenters. The molecule has 1 saturated heterocycles. The molecule has 0 spiro atoms. The largest absolute Gasteiger partial charge is 0.338 e. The van der Waals surface area contributed by atoms with Crippen molar-refractivity contribution in [2.75, 3.05) is 43.3 Å². The van der Waals surface area contributed by atoms with Gasteiger partial charge in [0.05, 0.1) is 21.8 Å². The zero-order valence-electron chi connectivity index (χ0n) is 18.1. The third-order valence-corrected chi connectivity index (χ3v) is 8.36. The van der Waals surface area contributed by atoms with E-state index >= 15 is 0 Å². The summed E-state index contributed by atoms with van der Waals surface area (Å²) < 4.78 is 52.5. The lowest BCUT2D eigenvalue weighted by molar-refractivity contribution is -0.384. The van der Waals surface area contributed by atoms with Gasteiger partial charge in [-0.2, -0.15) is 4.31 Å². The predicted molar refractivity (Wildman–Crippen MR) is 122 cm³/mol. The Balaban J connectivity index is 1.75. The number of aryl methyl sites for hydroxylation is 1. The van der Waals surface area contributed by atoms with Crippen molar-refractivity contribution in [3.8, 4) is 0 Å². The highest BCUT2D eigenvalue weighted by atomic mass is 32.2. The van der Waals surface area contributed by atoms with Crippen LogP contribution >= 0.6 is 0 Å². The number of hydrogen-bond acceptors (Lipinski definition) is 7. The van der Waals surface area contributed by atoms with Gasteiger partial charge in [-0.3, -0.25) is 19.2 Å². The van der Waals surface area contributed by atoms with Crippen molar-refractivity contribution in [2.24, 2.45) is 0 Å². The highest BCUT2D eigenvalue weighted by Crippen LogP contribution is 2.27. The quantitative estimate of drug-likeness (QED) is 0.415. The number of anilines is 1. The number of carbonyl (C=O) groups is 1. The van der Waals surface area contributed by atoms with Crippen molar-refractivity contribution in [1.29, 1.82) is 0 Å². The summed E-state index contributed by atoms with van der Waals surface area (Å²) in [6.45, 7) is 1.36. The molecule has 2 aromatic rings. The van der Waals surface area contributed by atoms with E-state index < -0.39 is 37.4 Å². The number of non-ortho nitro benzene ring substituents is 1. The molecule has 0 aliphatic carbocycles. The lowest BCUT2D eigenvalue weighted by Crippen LogP contribution is -2.53. The summed E-state index contributed by atoms with van der Waals surface area (Å²) in [4.78, 5) is 24.9.